The van der Waals surface area contributed by atoms with Gasteiger partial charge in [-0.3, -0.25) is 4.31 Å². The summed E-state index contributed by atoms with van der Waals surface area (Å²) in [5.41, 5.74) is 2.60. The monoisotopic (exact) mass is 339 g/mol. The predicted molar refractivity (Wildman–Crippen MR) is 89.5 cm³/mol. The topological polar surface area (TPSA) is 46.6 Å². The maximum Gasteiger partial charge on any atom is 0.264 e. The van der Waals surface area contributed by atoms with Crippen molar-refractivity contribution in [2.24, 2.45) is 0 Å². The van der Waals surface area contributed by atoms with Crippen molar-refractivity contribution in [3.8, 4) is 5.75 Å². The first kappa shape index (κ1) is 16.6. The molecule has 2 aromatic rings. The molecule has 0 N–H and O–H groups in total. The molecule has 118 valence electrons. The molecule has 0 saturated heterocycles. The van der Waals surface area contributed by atoms with Gasteiger partial charge >= 0.3 is 0 Å². The Balaban J connectivity index is 2.50. The lowest BCUT2D eigenvalue weighted by molar-refractivity contribution is 0.414. The van der Waals surface area contributed by atoms with Crippen LogP contribution < -0.4 is 9.04 Å². The average Bonchev–Trinajstić information content (AvgIpc) is 2.49. The Labute approximate surface area is 136 Å². The summed E-state index contributed by atoms with van der Waals surface area (Å²) in [5, 5.41) is 0.262. The van der Waals surface area contributed by atoms with Crippen LogP contribution in [0.3, 0.4) is 0 Å². The van der Waals surface area contributed by atoms with E-state index in [1.54, 1.807) is 12.1 Å². The fourth-order valence-corrected chi connectivity index (χ4v) is 3.77. The summed E-state index contributed by atoms with van der Waals surface area (Å²) in [6.45, 7) is 3.85. The predicted octanol–water partition coefficient (Wildman–Crippen LogP) is 3.79. The van der Waals surface area contributed by atoms with Gasteiger partial charge in [-0.2, -0.15) is 0 Å². The minimum absolute atomic E-state index is 0.127. The maximum absolute atomic E-state index is 12.8. The molecule has 2 aromatic carbocycles. The number of benzene rings is 2. The van der Waals surface area contributed by atoms with E-state index < -0.39 is 10.0 Å². The molecule has 0 bridgehead atoms. The Morgan fingerprint density at radius 2 is 1.82 bits per heavy atom. The highest BCUT2D eigenvalue weighted by Gasteiger charge is 2.23. The van der Waals surface area contributed by atoms with Crippen molar-refractivity contribution in [2.75, 3.05) is 18.5 Å². The van der Waals surface area contributed by atoms with E-state index in [0.717, 1.165) is 11.1 Å². The number of hydrogen-bond donors (Lipinski definition) is 0. The van der Waals surface area contributed by atoms with Crippen LogP contribution >= 0.6 is 11.6 Å². The largest absolute Gasteiger partial charge is 0.495 e. The van der Waals surface area contributed by atoms with Crippen molar-refractivity contribution in [3.63, 3.8) is 0 Å². The van der Waals surface area contributed by atoms with Gasteiger partial charge in [-0.25, -0.2) is 8.42 Å². The molecule has 0 amide bonds. The van der Waals surface area contributed by atoms with E-state index in [1.165, 1.54) is 30.6 Å². The lowest BCUT2D eigenvalue weighted by Crippen LogP contribution is -2.27. The second-order valence-electron chi connectivity index (χ2n) is 4.99. The quantitative estimate of drug-likeness (QED) is 0.851. The van der Waals surface area contributed by atoms with Gasteiger partial charge in [0.2, 0.25) is 0 Å². The summed E-state index contributed by atoms with van der Waals surface area (Å²) in [6, 6.07) is 10.0. The highest BCUT2D eigenvalue weighted by Crippen LogP contribution is 2.31. The number of methoxy groups -OCH3 is 1. The molecule has 0 atom stereocenters. The molecular weight excluding hydrogens is 322 g/mol. The van der Waals surface area contributed by atoms with Crippen LogP contribution in [0.4, 0.5) is 5.69 Å². The Hall–Kier alpha value is -1.72. The van der Waals surface area contributed by atoms with E-state index in [-0.39, 0.29) is 9.92 Å². The van der Waals surface area contributed by atoms with Gasteiger partial charge in [-0.05, 0) is 49.2 Å². The number of rotatable bonds is 4. The van der Waals surface area contributed by atoms with Gasteiger partial charge in [0.15, 0.2) is 0 Å². The van der Waals surface area contributed by atoms with Crippen LogP contribution in [0.25, 0.3) is 0 Å². The van der Waals surface area contributed by atoms with Crippen LogP contribution in [0.5, 0.6) is 5.75 Å². The molecule has 22 heavy (non-hydrogen) atoms. The smallest absolute Gasteiger partial charge is 0.264 e. The lowest BCUT2D eigenvalue weighted by atomic mass is 10.1. The standard InChI is InChI=1S/C16H18ClNO3S/c1-11-6-5-7-15(12(11)2)18(3)22(19,20)13-8-9-16(21-4)14(17)10-13/h5-10H,1-4H3. The Morgan fingerprint density at radius 1 is 1.14 bits per heavy atom. The second-order valence-corrected chi connectivity index (χ2v) is 7.36. The van der Waals surface area contributed by atoms with Gasteiger partial charge in [0.1, 0.15) is 5.75 Å². The number of nitrogens with zero attached hydrogens (tertiary/aromatic N) is 1. The van der Waals surface area contributed by atoms with Gasteiger partial charge in [0.05, 0.1) is 22.7 Å². The number of sulfonamides is 1. The SMILES string of the molecule is COc1ccc(S(=O)(=O)N(C)c2cccc(C)c2C)cc1Cl. The first-order valence-corrected chi connectivity index (χ1v) is 8.49. The van der Waals surface area contributed by atoms with Gasteiger partial charge in [-0.15, -0.1) is 0 Å². The van der Waals surface area contributed by atoms with E-state index in [0.29, 0.717) is 11.4 Å². The van der Waals surface area contributed by atoms with Crippen molar-refractivity contribution in [1.82, 2.24) is 0 Å². The van der Waals surface area contributed by atoms with Crippen LogP contribution in [0, 0.1) is 13.8 Å². The summed E-state index contributed by atoms with van der Waals surface area (Å²) in [6.07, 6.45) is 0. The molecule has 0 aliphatic heterocycles. The van der Waals surface area contributed by atoms with E-state index in [2.05, 4.69) is 0 Å². The van der Waals surface area contributed by atoms with E-state index in [4.69, 9.17) is 16.3 Å². The molecule has 4 nitrogen and oxygen atoms in total. The zero-order chi connectivity index (χ0) is 16.5. The maximum atomic E-state index is 12.8. The summed E-state index contributed by atoms with van der Waals surface area (Å²) in [4.78, 5) is 0.127. The minimum Gasteiger partial charge on any atom is -0.495 e. The average molecular weight is 340 g/mol. The van der Waals surface area contributed by atoms with Gasteiger partial charge in [0, 0.05) is 7.05 Å². The third-order valence-corrected chi connectivity index (χ3v) is 5.76. The van der Waals surface area contributed by atoms with Gasteiger partial charge < -0.3 is 4.74 Å². The van der Waals surface area contributed by atoms with Crippen molar-refractivity contribution in [1.29, 1.82) is 0 Å². The van der Waals surface area contributed by atoms with Crippen LogP contribution in [0.1, 0.15) is 11.1 Å². The molecule has 2 rings (SSSR count). The van der Waals surface area contributed by atoms with E-state index in [1.807, 2.05) is 26.0 Å². The Bertz CT molecular complexity index is 803. The lowest BCUT2D eigenvalue weighted by Gasteiger charge is -2.22. The zero-order valence-corrected chi connectivity index (χ0v) is 14.5. The van der Waals surface area contributed by atoms with Crippen LogP contribution in [-0.4, -0.2) is 22.6 Å². The molecule has 0 heterocycles. The van der Waals surface area contributed by atoms with E-state index >= 15 is 0 Å². The molecule has 0 aliphatic carbocycles. The van der Waals surface area contributed by atoms with Crippen molar-refractivity contribution < 1.29 is 13.2 Å². The van der Waals surface area contributed by atoms with Crippen molar-refractivity contribution >= 4 is 27.3 Å². The third kappa shape index (κ3) is 2.91. The fraction of sp³-hybridized carbons (Fsp3) is 0.250. The molecule has 0 saturated carbocycles. The first-order valence-electron chi connectivity index (χ1n) is 6.67. The number of anilines is 1. The van der Waals surface area contributed by atoms with Gasteiger partial charge in [0.25, 0.3) is 10.0 Å². The summed E-state index contributed by atoms with van der Waals surface area (Å²) in [5.74, 6) is 0.440. The fourth-order valence-electron chi connectivity index (χ4n) is 2.17. The first-order chi connectivity index (χ1) is 10.3. The van der Waals surface area contributed by atoms with Gasteiger partial charge in [-0.1, -0.05) is 23.7 Å². The Morgan fingerprint density at radius 3 is 2.41 bits per heavy atom. The summed E-state index contributed by atoms with van der Waals surface area (Å²) >= 11 is 6.03. The summed E-state index contributed by atoms with van der Waals surface area (Å²) < 4.78 is 31.9. The molecule has 0 spiro atoms. The molecule has 0 fully saturated rings. The molecule has 0 aromatic heterocycles. The molecule has 6 heteroatoms. The van der Waals surface area contributed by atoms with Crippen LogP contribution in [-0.2, 0) is 10.0 Å². The molecular formula is C16H18ClNO3S. The molecule has 0 unspecified atom stereocenters. The molecule has 0 aliphatic rings. The number of halogens is 1. The van der Waals surface area contributed by atoms with Crippen LogP contribution in [0.2, 0.25) is 5.02 Å². The van der Waals surface area contributed by atoms with Crippen molar-refractivity contribution in [3.05, 3.63) is 52.5 Å². The normalized spacial score (nSPS) is 11.3. The number of aryl methyl sites for hydroxylation is 1. The van der Waals surface area contributed by atoms with Crippen LogP contribution in [0.15, 0.2) is 41.3 Å². The number of ether oxygens (including phenoxy) is 1. The van der Waals surface area contributed by atoms with E-state index in [9.17, 15) is 8.42 Å². The molecule has 0 radical (unpaired) electrons. The highest BCUT2D eigenvalue weighted by molar-refractivity contribution is 7.92. The second kappa shape index (κ2) is 6.18. The highest BCUT2D eigenvalue weighted by atomic mass is 35.5. The van der Waals surface area contributed by atoms with Crippen molar-refractivity contribution in [2.45, 2.75) is 18.7 Å². The Kier molecular flexibility index (Phi) is 4.68. The number of hydrogen-bond acceptors (Lipinski definition) is 3. The minimum atomic E-state index is -3.69. The summed E-state index contributed by atoms with van der Waals surface area (Å²) in [7, 11) is -0.665. The zero-order valence-electron chi connectivity index (χ0n) is 12.9. The third-order valence-electron chi connectivity index (χ3n) is 3.70.